The highest BCUT2D eigenvalue weighted by Gasteiger charge is 2.21. The van der Waals surface area contributed by atoms with Gasteiger partial charge < -0.3 is 15.4 Å². The van der Waals surface area contributed by atoms with Crippen LogP contribution in [0.4, 0.5) is 9.18 Å². The summed E-state index contributed by atoms with van der Waals surface area (Å²) in [7, 11) is 0. The molecule has 0 heterocycles. The maximum atomic E-state index is 13.5. The third-order valence-corrected chi connectivity index (χ3v) is 4.27. The van der Waals surface area contributed by atoms with E-state index in [1.165, 1.54) is 6.07 Å². The van der Waals surface area contributed by atoms with E-state index >= 15 is 0 Å². The van der Waals surface area contributed by atoms with Crippen LogP contribution in [-0.2, 0) is 9.53 Å². The number of hydrogen-bond donors (Lipinski definition) is 2. The highest BCUT2D eigenvalue weighted by molar-refractivity contribution is 8.00. The predicted molar refractivity (Wildman–Crippen MR) is 98.1 cm³/mol. The number of benzene rings is 1. The highest BCUT2D eigenvalue weighted by Crippen LogP contribution is 2.20. The van der Waals surface area contributed by atoms with Gasteiger partial charge in [0.15, 0.2) is 0 Å². The van der Waals surface area contributed by atoms with Crippen LogP contribution < -0.4 is 10.6 Å². The number of amides is 2. The van der Waals surface area contributed by atoms with Crippen LogP contribution in [0.5, 0.6) is 0 Å². The lowest BCUT2D eigenvalue weighted by Crippen LogP contribution is -2.48. The van der Waals surface area contributed by atoms with E-state index in [9.17, 15) is 14.0 Å². The van der Waals surface area contributed by atoms with Crippen LogP contribution in [0.2, 0.25) is 0 Å². The number of rotatable bonds is 7. The Morgan fingerprint density at radius 2 is 1.88 bits per heavy atom. The second-order valence-electron chi connectivity index (χ2n) is 7.02. The molecule has 1 aromatic carbocycles. The summed E-state index contributed by atoms with van der Waals surface area (Å²) in [6, 6.07) is 6.07. The molecule has 0 aliphatic heterocycles. The minimum Gasteiger partial charge on any atom is -0.444 e. The Bertz CT molecular complexity index is 588. The number of thioether (sulfide) groups is 1. The van der Waals surface area contributed by atoms with Crippen molar-refractivity contribution in [2.75, 3.05) is 12.3 Å². The van der Waals surface area contributed by atoms with Gasteiger partial charge in [0.2, 0.25) is 5.91 Å². The van der Waals surface area contributed by atoms with Crippen LogP contribution in [0.15, 0.2) is 29.2 Å². The highest BCUT2D eigenvalue weighted by atomic mass is 32.2. The minimum absolute atomic E-state index is 0.109. The van der Waals surface area contributed by atoms with Gasteiger partial charge in [0.05, 0.1) is 11.8 Å². The van der Waals surface area contributed by atoms with Crippen molar-refractivity contribution in [2.45, 2.75) is 51.2 Å². The second kappa shape index (κ2) is 9.65. The Kier molecular flexibility index (Phi) is 8.22. The number of ether oxygens (including phenoxy) is 1. The standard InChI is InChI=1S/C18H27FN2O3S/c1-12(2)14(21-17(23)24-18(3,4)5)10-20-16(22)11-25-15-9-7-6-8-13(15)19/h6-9,12,14H,10-11H2,1-5H3,(H,20,22)(H,21,23). The normalized spacial score (nSPS) is 12.6. The number of hydrogen-bond acceptors (Lipinski definition) is 4. The molecule has 25 heavy (non-hydrogen) atoms. The van der Waals surface area contributed by atoms with Gasteiger partial charge >= 0.3 is 6.09 Å². The lowest BCUT2D eigenvalue weighted by atomic mass is 10.0. The summed E-state index contributed by atoms with van der Waals surface area (Å²) in [5.74, 6) is -0.332. The fourth-order valence-corrected chi connectivity index (χ4v) is 2.66. The summed E-state index contributed by atoms with van der Waals surface area (Å²) in [5, 5.41) is 5.54. The quantitative estimate of drug-likeness (QED) is 0.720. The molecule has 0 bridgehead atoms. The maximum Gasteiger partial charge on any atom is 0.407 e. The van der Waals surface area contributed by atoms with Crippen molar-refractivity contribution in [1.29, 1.82) is 0 Å². The fourth-order valence-electron chi connectivity index (χ4n) is 1.89. The number of carbonyl (C=O) groups excluding carboxylic acids is 2. The van der Waals surface area contributed by atoms with Crippen LogP contribution in [0.1, 0.15) is 34.6 Å². The van der Waals surface area contributed by atoms with Gasteiger partial charge in [-0.15, -0.1) is 11.8 Å². The summed E-state index contributed by atoms with van der Waals surface area (Å²) in [4.78, 5) is 24.3. The molecule has 1 rings (SSSR count). The Balaban J connectivity index is 2.44. The molecule has 1 aromatic rings. The SMILES string of the molecule is CC(C)C(CNC(=O)CSc1ccccc1F)NC(=O)OC(C)(C)C. The number of halogens is 1. The molecule has 1 atom stereocenters. The smallest absolute Gasteiger partial charge is 0.407 e. The molecule has 5 nitrogen and oxygen atoms in total. The Morgan fingerprint density at radius 1 is 1.24 bits per heavy atom. The number of alkyl carbamates (subject to hydrolysis) is 1. The van der Waals surface area contributed by atoms with Crippen molar-refractivity contribution >= 4 is 23.8 Å². The van der Waals surface area contributed by atoms with E-state index in [2.05, 4.69) is 10.6 Å². The van der Waals surface area contributed by atoms with E-state index in [0.717, 1.165) is 11.8 Å². The van der Waals surface area contributed by atoms with Crippen molar-refractivity contribution < 1.29 is 18.7 Å². The van der Waals surface area contributed by atoms with Gasteiger partial charge in [0.1, 0.15) is 11.4 Å². The van der Waals surface area contributed by atoms with Gasteiger partial charge in [-0.2, -0.15) is 0 Å². The topological polar surface area (TPSA) is 67.4 Å². The van der Waals surface area contributed by atoms with Gasteiger partial charge in [0.25, 0.3) is 0 Å². The first kappa shape index (κ1) is 21.3. The zero-order valence-electron chi connectivity index (χ0n) is 15.4. The van der Waals surface area contributed by atoms with Crippen molar-refractivity contribution in [1.82, 2.24) is 10.6 Å². The van der Waals surface area contributed by atoms with Crippen molar-refractivity contribution in [2.24, 2.45) is 5.92 Å². The lowest BCUT2D eigenvalue weighted by molar-refractivity contribution is -0.118. The first-order chi connectivity index (χ1) is 11.6. The molecule has 2 amide bonds. The average molecular weight is 370 g/mol. The third kappa shape index (κ3) is 8.77. The molecule has 0 spiro atoms. The minimum atomic E-state index is -0.578. The third-order valence-electron chi connectivity index (χ3n) is 3.22. The molecule has 2 N–H and O–H groups in total. The molecule has 0 fully saturated rings. The summed E-state index contributed by atoms with van der Waals surface area (Å²) < 4.78 is 18.8. The van der Waals surface area contributed by atoms with Crippen LogP contribution in [0.25, 0.3) is 0 Å². The van der Waals surface area contributed by atoms with Crippen LogP contribution in [0, 0.1) is 11.7 Å². The van der Waals surface area contributed by atoms with Gasteiger partial charge in [0, 0.05) is 11.4 Å². The van der Waals surface area contributed by atoms with Crippen molar-refractivity contribution in [3.63, 3.8) is 0 Å². The van der Waals surface area contributed by atoms with E-state index in [-0.39, 0.29) is 36.0 Å². The van der Waals surface area contributed by atoms with Gasteiger partial charge in [-0.3, -0.25) is 4.79 Å². The Morgan fingerprint density at radius 3 is 2.44 bits per heavy atom. The van der Waals surface area contributed by atoms with Crippen LogP contribution in [-0.4, -0.2) is 35.9 Å². The molecule has 1 unspecified atom stereocenters. The molecule has 0 saturated heterocycles. The summed E-state index contributed by atoms with van der Waals surface area (Å²) in [6.45, 7) is 9.55. The Labute approximate surface area is 153 Å². The largest absolute Gasteiger partial charge is 0.444 e. The van der Waals surface area contributed by atoms with Crippen molar-refractivity contribution in [3.05, 3.63) is 30.1 Å². The van der Waals surface area contributed by atoms with Crippen LogP contribution >= 0.6 is 11.8 Å². The van der Waals surface area contributed by atoms with E-state index in [0.29, 0.717) is 4.90 Å². The van der Waals surface area contributed by atoms with E-state index in [4.69, 9.17) is 4.74 Å². The molecule has 140 valence electrons. The zero-order valence-corrected chi connectivity index (χ0v) is 16.2. The molecule has 0 radical (unpaired) electrons. The van der Waals surface area contributed by atoms with Gasteiger partial charge in [-0.05, 0) is 38.8 Å². The summed E-state index contributed by atoms with van der Waals surface area (Å²) in [6.07, 6.45) is -0.513. The molecular formula is C18H27FN2O3S. The molecular weight excluding hydrogens is 343 g/mol. The second-order valence-corrected chi connectivity index (χ2v) is 8.04. The van der Waals surface area contributed by atoms with E-state index in [1.54, 1.807) is 39.0 Å². The zero-order chi connectivity index (χ0) is 19.0. The van der Waals surface area contributed by atoms with Gasteiger partial charge in [-0.25, -0.2) is 9.18 Å². The first-order valence-electron chi connectivity index (χ1n) is 8.22. The maximum absolute atomic E-state index is 13.5. The molecule has 7 heteroatoms. The molecule has 0 aliphatic carbocycles. The van der Waals surface area contributed by atoms with E-state index in [1.807, 2.05) is 13.8 Å². The molecule has 0 aromatic heterocycles. The first-order valence-corrected chi connectivity index (χ1v) is 9.20. The van der Waals surface area contributed by atoms with E-state index < -0.39 is 11.7 Å². The van der Waals surface area contributed by atoms with Crippen molar-refractivity contribution in [3.8, 4) is 0 Å². The number of nitrogens with one attached hydrogen (secondary N) is 2. The molecule has 0 aliphatic rings. The van der Waals surface area contributed by atoms with Gasteiger partial charge in [-0.1, -0.05) is 26.0 Å². The predicted octanol–water partition coefficient (Wildman–Crippen LogP) is 3.58. The summed E-state index contributed by atoms with van der Waals surface area (Å²) in [5.41, 5.74) is -0.578. The number of carbonyl (C=O) groups is 2. The van der Waals surface area contributed by atoms with Crippen LogP contribution in [0.3, 0.4) is 0 Å². The fraction of sp³-hybridized carbons (Fsp3) is 0.556. The average Bonchev–Trinajstić information content (AvgIpc) is 2.48. The Hall–Kier alpha value is -1.76. The summed E-state index contributed by atoms with van der Waals surface area (Å²) >= 11 is 1.14. The molecule has 0 saturated carbocycles. The monoisotopic (exact) mass is 370 g/mol. The lowest BCUT2D eigenvalue weighted by Gasteiger charge is -2.26.